The van der Waals surface area contributed by atoms with Crippen LogP contribution in [-0.4, -0.2) is 16.1 Å². The van der Waals surface area contributed by atoms with Gasteiger partial charge >= 0.3 is 6.18 Å². The van der Waals surface area contributed by atoms with Gasteiger partial charge in [-0.2, -0.15) is 13.2 Å². The predicted molar refractivity (Wildman–Crippen MR) is 48.1 cm³/mol. The third-order valence-corrected chi connectivity index (χ3v) is 2.71. The monoisotopic (exact) mass is 219 g/mol. The van der Waals surface area contributed by atoms with E-state index in [-0.39, 0.29) is 5.92 Å². The largest absolute Gasteiger partial charge is 0.434 e. The summed E-state index contributed by atoms with van der Waals surface area (Å²) in [5.74, 6) is 0.791. The summed E-state index contributed by atoms with van der Waals surface area (Å²) in [6.07, 6.45) is -1.86. The minimum Gasteiger partial charge on any atom is -0.334 e. The zero-order valence-electron chi connectivity index (χ0n) is 8.09. The molecule has 0 aliphatic carbocycles. The maximum Gasteiger partial charge on any atom is 0.434 e. The number of aryl methyl sites for hydroxylation is 1. The molecule has 15 heavy (non-hydrogen) atoms. The van der Waals surface area contributed by atoms with E-state index < -0.39 is 11.9 Å². The van der Waals surface area contributed by atoms with Crippen LogP contribution in [-0.2, 0) is 19.1 Å². The summed E-state index contributed by atoms with van der Waals surface area (Å²) in [4.78, 5) is 3.59. The number of alkyl halides is 3. The lowest BCUT2D eigenvalue weighted by Gasteiger charge is -2.21. The minimum absolute atomic E-state index is 0.271. The third kappa shape index (κ3) is 1.99. The Morgan fingerprint density at radius 3 is 2.87 bits per heavy atom. The molecule has 1 aromatic heterocycles. The summed E-state index contributed by atoms with van der Waals surface area (Å²) in [5.41, 5.74) is 4.70. The van der Waals surface area contributed by atoms with E-state index in [4.69, 9.17) is 5.73 Å². The van der Waals surface area contributed by atoms with Gasteiger partial charge in [0.25, 0.3) is 0 Å². The van der Waals surface area contributed by atoms with Crippen molar-refractivity contribution in [2.45, 2.75) is 25.6 Å². The summed E-state index contributed by atoms with van der Waals surface area (Å²) < 4.78 is 38.6. The van der Waals surface area contributed by atoms with Crippen LogP contribution >= 0.6 is 0 Å². The van der Waals surface area contributed by atoms with Gasteiger partial charge in [-0.15, -0.1) is 0 Å². The van der Waals surface area contributed by atoms with Gasteiger partial charge < -0.3 is 10.3 Å². The molecule has 1 unspecified atom stereocenters. The van der Waals surface area contributed by atoms with Crippen LogP contribution in [0.4, 0.5) is 13.2 Å². The minimum atomic E-state index is -4.34. The molecular formula is C9H12F3N3. The molecule has 0 aromatic carbocycles. The smallest absolute Gasteiger partial charge is 0.334 e. The first-order valence-corrected chi connectivity index (χ1v) is 4.84. The predicted octanol–water partition coefficient (Wildman–Crippen LogP) is 1.42. The van der Waals surface area contributed by atoms with Gasteiger partial charge in [0, 0.05) is 19.2 Å². The fraction of sp³-hybridized carbons (Fsp3) is 0.667. The van der Waals surface area contributed by atoms with Gasteiger partial charge in [0.15, 0.2) is 5.69 Å². The Morgan fingerprint density at radius 2 is 2.27 bits per heavy atom. The molecule has 0 saturated heterocycles. The number of aromatic nitrogens is 2. The van der Waals surface area contributed by atoms with Crippen molar-refractivity contribution >= 4 is 0 Å². The van der Waals surface area contributed by atoms with Crippen molar-refractivity contribution in [3.63, 3.8) is 0 Å². The summed E-state index contributed by atoms with van der Waals surface area (Å²) >= 11 is 0. The fourth-order valence-electron chi connectivity index (χ4n) is 1.84. The van der Waals surface area contributed by atoms with Crippen molar-refractivity contribution in [3.8, 4) is 0 Å². The number of halogens is 3. The van der Waals surface area contributed by atoms with E-state index >= 15 is 0 Å². The summed E-state index contributed by atoms with van der Waals surface area (Å²) in [5, 5.41) is 0. The molecule has 0 fully saturated rings. The second-order valence-electron chi connectivity index (χ2n) is 3.83. The maximum absolute atomic E-state index is 12.4. The molecule has 0 bridgehead atoms. The molecule has 2 rings (SSSR count). The normalized spacial score (nSPS) is 21.5. The Kier molecular flexibility index (Phi) is 2.46. The number of fused-ring (bicyclic) bond motifs is 1. The topological polar surface area (TPSA) is 43.8 Å². The zero-order valence-corrected chi connectivity index (χ0v) is 8.09. The molecule has 0 saturated carbocycles. The molecule has 84 valence electrons. The van der Waals surface area contributed by atoms with E-state index in [1.807, 2.05) is 0 Å². The Bertz CT molecular complexity index is 356. The molecule has 2 N–H and O–H groups in total. The Labute approximate surface area is 85.1 Å². The molecule has 0 amide bonds. The van der Waals surface area contributed by atoms with Gasteiger partial charge in [-0.3, -0.25) is 0 Å². The van der Waals surface area contributed by atoms with E-state index in [0.717, 1.165) is 12.6 Å². The first kappa shape index (κ1) is 10.5. The number of hydrogen-bond acceptors (Lipinski definition) is 2. The second-order valence-corrected chi connectivity index (χ2v) is 3.83. The van der Waals surface area contributed by atoms with Crippen LogP contribution in [0.15, 0.2) is 6.20 Å². The van der Waals surface area contributed by atoms with Crippen LogP contribution < -0.4 is 5.73 Å². The Balaban J connectivity index is 2.26. The highest BCUT2D eigenvalue weighted by atomic mass is 19.4. The standard InChI is InChI=1S/C9H12F3N3/c10-9(11,12)7-5-15-4-6(3-13)1-2-8(15)14-7/h5-6H,1-4,13H2. The molecule has 6 heteroatoms. The second kappa shape index (κ2) is 3.52. The molecule has 1 atom stereocenters. The molecule has 1 aliphatic heterocycles. The quantitative estimate of drug-likeness (QED) is 0.776. The average Bonchev–Trinajstić information content (AvgIpc) is 2.59. The van der Waals surface area contributed by atoms with Gasteiger partial charge in [-0.05, 0) is 18.9 Å². The Morgan fingerprint density at radius 1 is 1.53 bits per heavy atom. The van der Waals surface area contributed by atoms with E-state index in [1.54, 1.807) is 4.57 Å². The molecule has 2 heterocycles. The van der Waals surface area contributed by atoms with Gasteiger partial charge in [0.05, 0.1) is 0 Å². The highest BCUT2D eigenvalue weighted by Gasteiger charge is 2.35. The van der Waals surface area contributed by atoms with E-state index in [1.165, 1.54) is 0 Å². The van der Waals surface area contributed by atoms with Gasteiger partial charge in [0.1, 0.15) is 5.82 Å². The van der Waals surface area contributed by atoms with Crippen molar-refractivity contribution in [2.75, 3.05) is 6.54 Å². The number of rotatable bonds is 1. The van der Waals surface area contributed by atoms with E-state index in [9.17, 15) is 13.2 Å². The maximum atomic E-state index is 12.4. The van der Waals surface area contributed by atoms with E-state index in [2.05, 4.69) is 4.98 Å². The lowest BCUT2D eigenvalue weighted by molar-refractivity contribution is -0.141. The van der Waals surface area contributed by atoms with Gasteiger partial charge in [0.2, 0.25) is 0 Å². The van der Waals surface area contributed by atoms with Crippen LogP contribution in [0.5, 0.6) is 0 Å². The van der Waals surface area contributed by atoms with Gasteiger partial charge in [-0.1, -0.05) is 0 Å². The van der Waals surface area contributed by atoms with E-state index in [0.29, 0.717) is 25.3 Å². The van der Waals surface area contributed by atoms with Crippen LogP contribution in [0.2, 0.25) is 0 Å². The van der Waals surface area contributed by atoms with Crippen LogP contribution in [0.25, 0.3) is 0 Å². The first-order valence-electron chi connectivity index (χ1n) is 4.84. The van der Waals surface area contributed by atoms with Crippen molar-refractivity contribution in [2.24, 2.45) is 11.7 Å². The first-order chi connectivity index (χ1) is 7.00. The number of nitrogens with two attached hydrogens (primary N) is 1. The molecule has 1 aliphatic rings. The van der Waals surface area contributed by atoms with Crippen molar-refractivity contribution in [1.29, 1.82) is 0 Å². The SMILES string of the molecule is NCC1CCc2nc(C(F)(F)F)cn2C1. The van der Waals surface area contributed by atoms with Crippen molar-refractivity contribution in [1.82, 2.24) is 9.55 Å². The highest BCUT2D eigenvalue weighted by molar-refractivity contribution is 5.09. The fourth-order valence-corrected chi connectivity index (χ4v) is 1.84. The average molecular weight is 219 g/mol. The zero-order chi connectivity index (χ0) is 11.1. The lowest BCUT2D eigenvalue weighted by Crippen LogP contribution is -2.25. The number of imidazole rings is 1. The van der Waals surface area contributed by atoms with Gasteiger partial charge in [-0.25, -0.2) is 4.98 Å². The van der Waals surface area contributed by atoms with Crippen LogP contribution in [0.3, 0.4) is 0 Å². The molecule has 3 nitrogen and oxygen atoms in total. The molecular weight excluding hydrogens is 207 g/mol. The Hall–Kier alpha value is -1.04. The van der Waals surface area contributed by atoms with Crippen molar-refractivity contribution in [3.05, 3.63) is 17.7 Å². The summed E-state index contributed by atoms with van der Waals surface area (Å²) in [6, 6.07) is 0. The summed E-state index contributed by atoms with van der Waals surface area (Å²) in [7, 11) is 0. The van der Waals surface area contributed by atoms with Crippen molar-refractivity contribution < 1.29 is 13.2 Å². The van der Waals surface area contributed by atoms with Crippen LogP contribution in [0, 0.1) is 5.92 Å². The van der Waals surface area contributed by atoms with Crippen LogP contribution in [0.1, 0.15) is 17.9 Å². The number of nitrogens with zero attached hydrogens (tertiary/aromatic N) is 2. The third-order valence-electron chi connectivity index (χ3n) is 2.71. The highest BCUT2D eigenvalue weighted by Crippen LogP contribution is 2.30. The number of hydrogen-bond donors (Lipinski definition) is 1. The molecule has 0 spiro atoms. The summed E-state index contributed by atoms with van der Waals surface area (Å²) in [6.45, 7) is 1.06. The molecule has 0 radical (unpaired) electrons. The molecule has 1 aromatic rings. The lowest BCUT2D eigenvalue weighted by atomic mass is 10.00.